The molecule has 1 aromatic carbocycles. The Bertz CT molecular complexity index is 820. The molecule has 1 aliphatic rings. The van der Waals surface area contributed by atoms with Gasteiger partial charge in [0.25, 0.3) is 0 Å². The lowest BCUT2D eigenvalue weighted by molar-refractivity contribution is -0.120. The minimum absolute atomic E-state index is 0.0982. The third kappa shape index (κ3) is 5.07. The first-order valence-corrected chi connectivity index (χ1v) is 10.8. The Morgan fingerprint density at radius 3 is 2.63 bits per heavy atom. The predicted molar refractivity (Wildman–Crippen MR) is 104 cm³/mol. The number of hydrogen-bond donors (Lipinski definition) is 1. The number of rotatable bonds is 6. The van der Waals surface area contributed by atoms with E-state index in [1.165, 1.54) is 11.4 Å². The molecular formula is C19H28N2O5S. The second kappa shape index (κ2) is 8.84. The highest BCUT2D eigenvalue weighted by Crippen LogP contribution is 2.24. The molecule has 0 saturated carbocycles. The van der Waals surface area contributed by atoms with E-state index >= 15 is 0 Å². The molecule has 1 aliphatic heterocycles. The monoisotopic (exact) mass is 396 g/mol. The summed E-state index contributed by atoms with van der Waals surface area (Å²) in [5, 5.41) is 2.83. The van der Waals surface area contributed by atoms with Gasteiger partial charge in [0.2, 0.25) is 15.9 Å². The van der Waals surface area contributed by atoms with Crippen LogP contribution >= 0.6 is 0 Å². The van der Waals surface area contributed by atoms with E-state index in [-0.39, 0.29) is 18.2 Å². The van der Waals surface area contributed by atoms with Gasteiger partial charge in [-0.1, -0.05) is 6.92 Å². The molecule has 1 unspecified atom stereocenters. The molecule has 0 aromatic heterocycles. The number of methoxy groups -OCH3 is 1. The van der Waals surface area contributed by atoms with E-state index in [1.54, 1.807) is 12.1 Å². The van der Waals surface area contributed by atoms with Crippen molar-refractivity contribution < 1.29 is 22.7 Å². The molecule has 0 bridgehead atoms. The van der Waals surface area contributed by atoms with Crippen molar-refractivity contribution in [3.05, 3.63) is 28.8 Å². The number of sulfonamides is 1. The van der Waals surface area contributed by atoms with Crippen molar-refractivity contribution in [2.45, 2.75) is 40.0 Å². The zero-order valence-electron chi connectivity index (χ0n) is 16.4. The van der Waals surface area contributed by atoms with Crippen molar-refractivity contribution in [2.24, 2.45) is 5.92 Å². The van der Waals surface area contributed by atoms with Gasteiger partial charge in [0.15, 0.2) is 0 Å². The van der Waals surface area contributed by atoms with Crippen LogP contribution in [0.4, 0.5) is 5.69 Å². The van der Waals surface area contributed by atoms with Crippen LogP contribution in [0, 0.1) is 19.8 Å². The summed E-state index contributed by atoms with van der Waals surface area (Å²) in [6.45, 7) is 6.16. The van der Waals surface area contributed by atoms with Gasteiger partial charge < -0.3 is 10.1 Å². The molecule has 27 heavy (non-hydrogen) atoms. The summed E-state index contributed by atoms with van der Waals surface area (Å²) >= 11 is 0. The number of carbonyl (C=O) groups is 2. The normalized spacial score (nSPS) is 18.1. The summed E-state index contributed by atoms with van der Waals surface area (Å²) in [5.41, 5.74) is 2.58. The zero-order chi connectivity index (χ0) is 20.2. The first-order chi connectivity index (χ1) is 12.7. The van der Waals surface area contributed by atoms with Crippen LogP contribution in [-0.2, 0) is 19.6 Å². The number of nitrogens with one attached hydrogen (secondary N) is 1. The van der Waals surface area contributed by atoms with E-state index in [4.69, 9.17) is 4.74 Å². The number of ether oxygens (including phenoxy) is 1. The van der Waals surface area contributed by atoms with Crippen molar-refractivity contribution in [1.29, 1.82) is 0 Å². The lowest BCUT2D eigenvalue weighted by Gasteiger charge is -2.31. The molecule has 7 nitrogen and oxygen atoms in total. The Morgan fingerprint density at radius 1 is 1.30 bits per heavy atom. The van der Waals surface area contributed by atoms with Crippen LogP contribution in [0.15, 0.2) is 12.1 Å². The first kappa shape index (κ1) is 21.4. The number of aryl methyl sites for hydroxylation is 1. The highest BCUT2D eigenvalue weighted by atomic mass is 32.2. The zero-order valence-corrected chi connectivity index (χ0v) is 17.2. The molecule has 1 aromatic rings. The molecule has 1 fully saturated rings. The molecule has 1 amide bonds. The Kier molecular flexibility index (Phi) is 7.00. The van der Waals surface area contributed by atoms with E-state index < -0.39 is 21.9 Å². The molecule has 0 spiro atoms. The summed E-state index contributed by atoms with van der Waals surface area (Å²) in [5.74, 6) is -0.999. The summed E-state index contributed by atoms with van der Waals surface area (Å²) in [6, 6.07) is 3.40. The summed E-state index contributed by atoms with van der Waals surface area (Å²) < 4.78 is 30.8. The predicted octanol–water partition coefficient (Wildman–Crippen LogP) is 2.48. The molecule has 0 radical (unpaired) electrons. The van der Waals surface area contributed by atoms with Gasteiger partial charge in [-0.2, -0.15) is 0 Å². The highest BCUT2D eigenvalue weighted by molar-refractivity contribution is 7.89. The van der Waals surface area contributed by atoms with E-state index in [1.807, 2.05) is 20.8 Å². The first-order valence-electron chi connectivity index (χ1n) is 9.17. The minimum atomic E-state index is -3.31. The number of benzene rings is 1. The standard InChI is InChI=1S/C19H28N2O5S/c1-5-9-27(24,25)21-8-6-7-15(12-21)18(22)20-16-10-13(2)14(3)17(11-16)19(23)26-4/h10-11,15H,5-9,12H2,1-4H3,(H,20,22). The molecule has 8 heteroatoms. The second-order valence-electron chi connectivity index (χ2n) is 6.96. The third-order valence-electron chi connectivity index (χ3n) is 4.95. The molecule has 1 heterocycles. The van der Waals surface area contributed by atoms with E-state index in [9.17, 15) is 18.0 Å². The molecule has 1 atom stereocenters. The van der Waals surface area contributed by atoms with Crippen molar-refractivity contribution >= 4 is 27.6 Å². The maximum Gasteiger partial charge on any atom is 0.338 e. The van der Waals surface area contributed by atoms with Gasteiger partial charge in [-0.25, -0.2) is 17.5 Å². The maximum atomic E-state index is 12.7. The summed E-state index contributed by atoms with van der Waals surface area (Å²) in [6.07, 6.45) is 1.84. The van der Waals surface area contributed by atoms with Crippen LogP contribution in [-0.4, -0.2) is 50.6 Å². The van der Waals surface area contributed by atoms with Gasteiger partial charge in [0, 0.05) is 18.8 Å². The molecular weight excluding hydrogens is 368 g/mol. The number of nitrogens with zero attached hydrogens (tertiary/aromatic N) is 1. The van der Waals surface area contributed by atoms with Crippen molar-refractivity contribution in [3.8, 4) is 0 Å². The largest absolute Gasteiger partial charge is 0.465 e. The third-order valence-corrected chi connectivity index (χ3v) is 6.99. The topological polar surface area (TPSA) is 92.8 Å². The number of esters is 1. The molecule has 2 rings (SSSR count). The fourth-order valence-electron chi connectivity index (χ4n) is 3.29. The average Bonchev–Trinajstić information content (AvgIpc) is 2.64. The Balaban J connectivity index is 2.15. The summed E-state index contributed by atoms with van der Waals surface area (Å²) in [4.78, 5) is 24.6. The quantitative estimate of drug-likeness (QED) is 0.746. The number of hydrogen-bond acceptors (Lipinski definition) is 5. The van der Waals surface area contributed by atoms with Crippen molar-refractivity contribution in [3.63, 3.8) is 0 Å². The van der Waals surface area contributed by atoms with Gasteiger partial charge in [0.05, 0.1) is 24.3 Å². The van der Waals surface area contributed by atoms with E-state index in [0.29, 0.717) is 37.1 Å². The molecule has 1 saturated heterocycles. The van der Waals surface area contributed by atoms with Gasteiger partial charge >= 0.3 is 5.97 Å². The SMILES string of the molecule is CCCS(=O)(=O)N1CCCC(C(=O)Nc2cc(C)c(C)c(C(=O)OC)c2)C1. The van der Waals surface area contributed by atoms with Crippen LogP contribution in [0.25, 0.3) is 0 Å². The minimum Gasteiger partial charge on any atom is -0.465 e. The fourth-order valence-corrected chi connectivity index (χ4v) is 4.88. The van der Waals surface area contributed by atoms with E-state index in [0.717, 1.165) is 11.1 Å². The smallest absolute Gasteiger partial charge is 0.338 e. The lowest BCUT2D eigenvalue weighted by Crippen LogP contribution is -2.44. The Morgan fingerprint density at radius 2 is 2.00 bits per heavy atom. The van der Waals surface area contributed by atoms with Crippen LogP contribution in [0.3, 0.4) is 0 Å². The fraction of sp³-hybridized carbons (Fsp3) is 0.579. The van der Waals surface area contributed by atoms with Gasteiger partial charge in [-0.15, -0.1) is 0 Å². The van der Waals surface area contributed by atoms with Crippen molar-refractivity contribution in [2.75, 3.05) is 31.3 Å². The van der Waals surface area contributed by atoms with Gasteiger partial charge in [0.1, 0.15) is 0 Å². The summed E-state index contributed by atoms with van der Waals surface area (Å²) in [7, 11) is -2.00. The molecule has 0 aliphatic carbocycles. The van der Waals surface area contributed by atoms with E-state index in [2.05, 4.69) is 5.32 Å². The lowest BCUT2D eigenvalue weighted by atomic mass is 9.98. The Labute approximate surface area is 161 Å². The van der Waals surface area contributed by atoms with Crippen LogP contribution < -0.4 is 5.32 Å². The van der Waals surface area contributed by atoms with Gasteiger partial charge in [-0.05, 0) is 56.4 Å². The maximum absolute atomic E-state index is 12.7. The molecule has 150 valence electrons. The number of anilines is 1. The average molecular weight is 397 g/mol. The Hall–Kier alpha value is -1.93. The van der Waals surface area contributed by atoms with Crippen LogP contribution in [0.2, 0.25) is 0 Å². The number of amides is 1. The number of piperidine rings is 1. The number of carbonyl (C=O) groups excluding carboxylic acids is 2. The highest BCUT2D eigenvalue weighted by Gasteiger charge is 2.32. The van der Waals surface area contributed by atoms with Gasteiger partial charge in [-0.3, -0.25) is 4.79 Å². The van der Waals surface area contributed by atoms with Crippen LogP contribution in [0.5, 0.6) is 0 Å². The van der Waals surface area contributed by atoms with Crippen molar-refractivity contribution in [1.82, 2.24) is 4.31 Å². The van der Waals surface area contributed by atoms with Crippen LogP contribution in [0.1, 0.15) is 47.7 Å². The second-order valence-corrected chi connectivity index (χ2v) is 9.05. The molecule has 1 N–H and O–H groups in total.